The van der Waals surface area contributed by atoms with Gasteiger partial charge in [0.15, 0.2) is 0 Å². The van der Waals surface area contributed by atoms with Gasteiger partial charge in [-0.25, -0.2) is 4.79 Å². The molecule has 0 amide bonds. The monoisotopic (exact) mass is 336 g/mol. The SMILES string of the molecule is CCOC(=O)c1cn(Cc2ccccc2)nc1-c1ccccc1OC. The van der Waals surface area contributed by atoms with Crippen LogP contribution in [0.25, 0.3) is 11.3 Å². The van der Waals surface area contributed by atoms with Crippen molar-refractivity contribution in [3.63, 3.8) is 0 Å². The zero-order valence-corrected chi connectivity index (χ0v) is 14.3. The Morgan fingerprint density at radius 2 is 1.80 bits per heavy atom. The van der Waals surface area contributed by atoms with Crippen LogP contribution < -0.4 is 4.74 Å². The van der Waals surface area contributed by atoms with Crippen LogP contribution in [-0.2, 0) is 11.3 Å². The Hall–Kier alpha value is -3.08. The van der Waals surface area contributed by atoms with Crippen molar-refractivity contribution in [2.24, 2.45) is 0 Å². The Morgan fingerprint density at radius 1 is 1.08 bits per heavy atom. The molecular weight excluding hydrogens is 316 g/mol. The number of benzene rings is 2. The first-order valence-corrected chi connectivity index (χ1v) is 8.14. The van der Waals surface area contributed by atoms with E-state index in [1.165, 1.54) is 0 Å². The van der Waals surface area contributed by atoms with Gasteiger partial charge in [-0.05, 0) is 24.6 Å². The second-order valence-electron chi connectivity index (χ2n) is 5.50. The van der Waals surface area contributed by atoms with Gasteiger partial charge < -0.3 is 9.47 Å². The molecule has 1 aromatic heterocycles. The molecule has 5 nitrogen and oxygen atoms in total. The molecule has 0 N–H and O–H groups in total. The van der Waals surface area contributed by atoms with Crippen LogP contribution in [0.3, 0.4) is 0 Å². The van der Waals surface area contributed by atoms with Crippen LogP contribution >= 0.6 is 0 Å². The molecule has 0 aliphatic carbocycles. The molecule has 3 aromatic rings. The van der Waals surface area contributed by atoms with Crippen LogP contribution in [0.5, 0.6) is 5.75 Å². The first kappa shape index (κ1) is 16.8. The van der Waals surface area contributed by atoms with E-state index in [2.05, 4.69) is 5.10 Å². The zero-order chi connectivity index (χ0) is 17.6. The number of nitrogens with zero attached hydrogens (tertiary/aromatic N) is 2. The highest BCUT2D eigenvalue weighted by Gasteiger charge is 2.21. The molecule has 0 saturated carbocycles. The quantitative estimate of drug-likeness (QED) is 0.643. The maximum atomic E-state index is 12.4. The molecule has 0 bridgehead atoms. The molecule has 0 unspecified atom stereocenters. The van der Waals surface area contributed by atoms with Crippen LogP contribution in [0, 0.1) is 0 Å². The summed E-state index contributed by atoms with van der Waals surface area (Å²) in [4.78, 5) is 12.4. The summed E-state index contributed by atoms with van der Waals surface area (Å²) in [5.74, 6) is 0.278. The van der Waals surface area contributed by atoms with Crippen molar-refractivity contribution in [2.45, 2.75) is 13.5 Å². The average Bonchev–Trinajstić information content (AvgIpc) is 3.06. The number of aromatic nitrogens is 2. The smallest absolute Gasteiger partial charge is 0.341 e. The molecule has 0 atom stereocenters. The fourth-order valence-corrected chi connectivity index (χ4v) is 2.67. The summed E-state index contributed by atoms with van der Waals surface area (Å²) in [6, 6.07) is 17.5. The topological polar surface area (TPSA) is 53.4 Å². The number of esters is 1. The zero-order valence-electron chi connectivity index (χ0n) is 14.3. The fourth-order valence-electron chi connectivity index (χ4n) is 2.67. The minimum absolute atomic E-state index is 0.314. The van der Waals surface area contributed by atoms with Gasteiger partial charge in [-0.1, -0.05) is 42.5 Å². The molecule has 0 fully saturated rings. The van der Waals surface area contributed by atoms with E-state index in [4.69, 9.17) is 9.47 Å². The van der Waals surface area contributed by atoms with E-state index in [9.17, 15) is 4.79 Å². The summed E-state index contributed by atoms with van der Waals surface area (Å²) < 4.78 is 12.4. The number of methoxy groups -OCH3 is 1. The first-order chi connectivity index (χ1) is 12.2. The highest BCUT2D eigenvalue weighted by atomic mass is 16.5. The molecule has 25 heavy (non-hydrogen) atoms. The third kappa shape index (κ3) is 3.71. The van der Waals surface area contributed by atoms with Gasteiger partial charge in [0.05, 0.1) is 20.3 Å². The first-order valence-electron chi connectivity index (χ1n) is 8.14. The van der Waals surface area contributed by atoms with E-state index >= 15 is 0 Å². The van der Waals surface area contributed by atoms with Crippen LogP contribution in [0.1, 0.15) is 22.8 Å². The van der Waals surface area contributed by atoms with Gasteiger partial charge >= 0.3 is 5.97 Å². The second kappa shape index (κ2) is 7.66. The summed E-state index contributed by atoms with van der Waals surface area (Å²) >= 11 is 0. The molecule has 0 aliphatic rings. The lowest BCUT2D eigenvalue weighted by Crippen LogP contribution is -2.05. The summed E-state index contributed by atoms with van der Waals surface area (Å²) in [6.45, 7) is 2.67. The number of para-hydroxylation sites is 1. The van der Waals surface area contributed by atoms with Crippen molar-refractivity contribution in [1.82, 2.24) is 9.78 Å². The molecule has 2 aromatic carbocycles. The van der Waals surface area contributed by atoms with Crippen molar-refractivity contribution in [3.8, 4) is 17.0 Å². The van der Waals surface area contributed by atoms with Gasteiger partial charge in [0.2, 0.25) is 0 Å². The number of hydrogen-bond acceptors (Lipinski definition) is 4. The van der Waals surface area contributed by atoms with E-state index in [-0.39, 0.29) is 5.97 Å². The van der Waals surface area contributed by atoms with Crippen molar-refractivity contribution >= 4 is 5.97 Å². The summed E-state index contributed by atoms with van der Waals surface area (Å²) in [5, 5.41) is 4.62. The molecular formula is C20H20N2O3. The minimum Gasteiger partial charge on any atom is -0.496 e. The highest BCUT2D eigenvalue weighted by Crippen LogP contribution is 2.31. The van der Waals surface area contributed by atoms with E-state index in [1.807, 2.05) is 54.6 Å². The fraction of sp³-hybridized carbons (Fsp3) is 0.200. The normalized spacial score (nSPS) is 10.5. The number of carbonyl (C=O) groups excluding carboxylic acids is 1. The lowest BCUT2D eigenvalue weighted by atomic mass is 10.1. The van der Waals surface area contributed by atoms with Crippen molar-refractivity contribution < 1.29 is 14.3 Å². The summed E-state index contributed by atoms with van der Waals surface area (Å²) in [5.41, 5.74) is 2.86. The Balaban J connectivity index is 2.04. The molecule has 3 rings (SSSR count). The lowest BCUT2D eigenvalue weighted by molar-refractivity contribution is 0.0527. The van der Waals surface area contributed by atoms with Crippen LogP contribution in [0.2, 0.25) is 0 Å². The molecule has 128 valence electrons. The molecule has 0 saturated heterocycles. The number of rotatable bonds is 6. The Bertz CT molecular complexity index is 856. The largest absolute Gasteiger partial charge is 0.496 e. The average molecular weight is 336 g/mol. The minimum atomic E-state index is -0.386. The summed E-state index contributed by atoms with van der Waals surface area (Å²) in [6.07, 6.45) is 1.73. The van der Waals surface area contributed by atoms with Gasteiger partial charge in [0.25, 0.3) is 0 Å². The number of ether oxygens (including phenoxy) is 2. The van der Waals surface area contributed by atoms with Crippen molar-refractivity contribution in [2.75, 3.05) is 13.7 Å². The number of hydrogen-bond donors (Lipinski definition) is 0. The Kier molecular flexibility index (Phi) is 5.14. The standard InChI is InChI=1S/C20H20N2O3/c1-3-25-20(23)17-14-22(13-15-9-5-4-6-10-15)21-19(17)16-11-7-8-12-18(16)24-2/h4-12,14H,3,13H2,1-2H3. The molecule has 1 heterocycles. The van der Waals surface area contributed by atoms with Crippen LogP contribution in [-0.4, -0.2) is 29.5 Å². The van der Waals surface area contributed by atoms with Gasteiger partial charge in [-0.3, -0.25) is 4.68 Å². The van der Waals surface area contributed by atoms with Gasteiger partial charge in [0, 0.05) is 11.8 Å². The molecule has 0 spiro atoms. The Morgan fingerprint density at radius 3 is 2.52 bits per heavy atom. The molecule has 0 aliphatic heterocycles. The van der Waals surface area contributed by atoms with Gasteiger partial charge in [-0.2, -0.15) is 5.10 Å². The predicted molar refractivity (Wildman–Crippen MR) is 95.7 cm³/mol. The van der Waals surface area contributed by atoms with Crippen LogP contribution in [0.4, 0.5) is 0 Å². The molecule has 5 heteroatoms. The van der Waals surface area contributed by atoms with E-state index in [1.54, 1.807) is 24.9 Å². The number of carbonyl (C=O) groups is 1. The predicted octanol–water partition coefficient (Wildman–Crippen LogP) is 3.78. The van der Waals surface area contributed by atoms with E-state index in [0.717, 1.165) is 11.1 Å². The van der Waals surface area contributed by atoms with E-state index in [0.29, 0.717) is 30.2 Å². The Labute approximate surface area is 146 Å². The summed E-state index contributed by atoms with van der Waals surface area (Å²) in [7, 11) is 1.60. The maximum absolute atomic E-state index is 12.4. The second-order valence-corrected chi connectivity index (χ2v) is 5.50. The van der Waals surface area contributed by atoms with Crippen molar-refractivity contribution in [1.29, 1.82) is 0 Å². The van der Waals surface area contributed by atoms with Gasteiger partial charge in [0.1, 0.15) is 17.0 Å². The van der Waals surface area contributed by atoms with Crippen LogP contribution in [0.15, 0.2) is 60.8 Å². The maximum Gasteiger partial charge on any atom is 0.341 e. The molecule has 0 radical (unpaired) electrons. The van der Waals surface area contributed by atoms with Gasteiger partial charge in [-0.15, -0.1) is 0 Å². The third-order valence-electron chi connectivity index (χ3n) is 3.81. The third-order valence-corrected chi connectivity index (χ3v) is 3.81. The van der Waals surface area contributed by atoms with E-state index < -0.39 is 0 Å². The highest BCUT2D eigenvalue weighted by molar-refractivity contribution is 5.96. The van der Waals surface area contributed by atoms with Crippen molar-refractivity contribution in [3.05, 3.63) is 71.9 Å². The lowest BCUT2D eigenvalue weighted by Gasteiger charge is -2.07.